The summed E-state index contributed by atoms with van der Waals surface area (Å²) in [5.41, 5.74) is 4.33. The third-order valence-corrected chi connectivity index (χ3v) is 3.42. The summed E-state index contributed by atoms with van der Waals surface area (Å²) in [6.07, 6.45) is 0. The summed E-state index contributed by atoms with van der Waals surface area (Å²) < 4.78 is 5.50. The fourth-order valence-corrected chi connectivity index (χ4v) is 2.43. The van der Waals surface area contributed by atoms with Crippen LogP contribution in [0.2, 0.25) is 0 Å². The molecule has 4 heteroatoms. The molecule has 104 valence electrons. The van der Waals surface area contributed by atoms with Gasteiger partial charge in [0.25, 0.3) is 0 Å². The topological polar surface area (TPSA) is 47.0 Å². The van der Waals surface area contributed by atoms with Gasteiger partial charge in [-0.15, -0.1) is 0 Å². The molecule has 2 heterocycles. The van der Waals surface area contributed by atoms with E-state index < -0.39 is 0 Å². The van der Waals surface area contributed by atoms with Crippen molar-refractivity contribution >= 4 is 0 Å². The lowest BCUT2D eigenvalue weighted by atomic mass is 10.1. The van der Waals surface area contributed by atoms with Crippen molar-refractivity contribution in [1.82, 2.24) is 15.3 Å². The summed E-state index contributed by atoms with van der Waals surface area (Å²) in [6, 6.07) is 10.5. The van der Waals surface area contributed by atoms with Crippen LogP contribution in [0, 0.1) is 13.8 Å². The highest BCUT2D eigenvalue weighted by Gasteiger charge is 2.19. The van der Waals surface area contributed by atoms with E-state index in [1.165, 1.54) is 5.56 Å². The zero-order chi connectivity index (χ0) is 13.9. The molecular formula is C16H19N3O. The molecule has 2 aromatic rings. The van der Waals surface area contributed by atoms with Gasteiger partial charge in [-0.05, 0) is 26.0 Å². The van der Waals surface area contributed by atoms with Crippen LogP contribution in [0.5, 0.6) is 0 Å². The number of morpholine rings is 1. The number of nitrogens with zero attached hydrogens (tertiary/aromatic N) is 2. The second-order valence-electron chi connectivity index (χ2n) is 5.20. The van der Waals surface area contributed by atoms with Crippen LogP contribution in [0.4, 0.5) is 0 Å². The van der Waals surface area contributed by atoms with Gasteiger partial charge in [-0.3, -0.25) is 0 Å². The van der Waals surface area contributed by atoms with Gasteiger partial charge in [0.1, 0.15) is 5.82 Å². The van der Waals surface area contributed by atoms with Gasteiger partial charge in [-0.25, -0.2) is 9.97 Å². The Morgan fingerprint density at radius 2 is 2.10 bits per heavy atom. The molecule has 1 unspecified atom stereocenters. The van der Waals surface area contributed by atoms with Crippen molar-refractivity contribution in [2.75, 3.05) is 19.8 Å². The number of aromatic nitrogens is 2. The lowest BCUT2D eigenvalue weighted by molar-refractivity contribution is 0.0742. The third-order valence-electron chi connectivity index (χ3n) is 3.42. The van der Waals surface area contributed by atoms with E-state index >= 15 is 0 Å². The van der Waals surface area contributed by atoms with Crippen molar-refractivity contribution in [3.63, 3.8) is 0 Å². The lowest BCUT2D eigenvalue weighted by Crippen LogP contribution is -2.35. The molecule has 1 atom stereocenters. The predicted molar refractivity (Wildman–Crippen MR) is 78.5 cm³/mol. The Morgan fingerprint density at radius 1 is 1.20 bits per heavy atom. The first kappa shape index (κ1) is 13.2. The average Bonchev–Trinajstić information content (AvgIpc) is 2.47. The van der Waals surface area contributed by atoms with Crippen molar-refractivity contribution in [2.24, 2.45) is 0 Å². The van der Waals surface area contributed by atoms with Crippen LogP contribution in [0.25, 0.3) is 11.3 Å². The maximum Gasteiger partial charge on any atom is 0.148 e. The molecule has 0 saturated carbocycles. The minimum atomic E-state index is 0.0900. The Balaban J connectivity index is 1.97. The van der Waals surface area contributed by atoms with Crippen LogP contribution in [0.3, 0.4) is 0 Å². The molecule has 1 fully saturated rings. The highest BCUT2D eigenvalue weighted by atomic mass is 16.5. The Labute approximate surface area is 119 Å². The summed E-state index contributed by atoms with van der Waals surface area (Å²) in [5, 5.41) is 3.40. The van der Waals surface area contributed by atoms with E-state index in [4.69, 9.17) is 9.72 Å². The fraction of sp³-hybridized carbons (Fsp3) is 0.375. The Hall–Kier alpha value is -1.78. The second-order valence-corrected chi connectivity index (χ2v) is 5.20. The average molecular weight is 269 g/mol. The smallest absolute Gasteiger partial charge is 0.148 e. The standard InChI is InChI=1S/C16H19N3O/c1-11-4-3-5-13(8-11)14-9-12(2)18-16(19-14)15-10-20-7-6-17-15/h3-5,8-9,15,17H,6-7,10H2,1-2H3. The second kappa shape index (κ2) is 5.69. The van der Waals surface area contributed by atoms with Crippen molar-refractivity contribution in [3.8, 4) is 11.3 Å². The SMILES string of the molecule is Cc1cccc(-c2cc(C)nc(C3COCCN3)n2)c1. The zero-order valence-corrected chi connectivity index (χ0v) is 11.9. The molecular weight excluding hydrogens is 250 g/mol. The van der Waals surface area contributed by atoms with Crippen LogP contribution in [0.15, 0.2) is 30.3 Å². The maximum absolute atomic E-state index is 5.50. The number of benzene rings is 1. The summed E-state index contributed by atoms with van der Waals surface area (Å²) in [4.78, 5) is 9.27. The van der Waals surface area contributed by atoms with Gasteiger partial charge in [0.2, 0.25) is 0 Å². The van der Waals surface area contributed by atoms with Gasteiger partial charge in [0.05, 0.1) is 24.9 Å². The molecule has 20 heavy (non-hydrogen) atoms. The Morgan fingerprint density at radius 3 is 2.85 bits per heavy atom. The normalized spacial score (nSPS) is 19.0. The van der Waals surface area contributed by atoms with Crippen LogP contribution in [-0.2, 0) is 4.74 Å². The lowest BCUT2D eigenvalue weighted by Gasteiger charge is -2.23. The van der Waals surface area contributed by atoms with Crippen molar-refractivity contribution in [1.29, 1.82) is 0 Å². The number of nitrogens with one attached hydrogen (secondary N) is 1. The van der Waals surface area contributed by atoms with E-state index in [2.05, 4.69) is 41.5 Å². The minimum Gasteiger partial charge on any atom is -0.378 e. The molecule has 0 bridgehead atoms. The molecule has 1 aromatic heterocycles. The molecule has 1 aromatic carbocycles. The van der Waals surface area contributed by atoms with Crippen LogP contribution in [0.1, 0.15) is 23.1 Å². The van der Waals surface area contributed by atoms with E-state index in [1.54, 1.807) is 0 Å². The zero-order valence-electron chi connectivity index (χ0n) is 11.9. The van der Waals surface area contributed by atoms with E-state index in [0.29, 0.717) is 6.61 Å². The highest BCUT2D eigenvalue weighted by molar-refractivity contribution is 5.60. The monoisotopic (exact) mass is 269 g/mol. The first-order valence-electron chi connectivity index (χ1n) is 6.96. The first-order valence-corrected chi connectivity index (χ1v) is 6.96. The largest absolute Gasteiger partial charge is 0.378 e. The number of hydrogen-bond acceptors (Lipinski definition) is 4. The van der Waals surface area contributed by atoms with Gasteiger partial charge < -0.3 is 10.1 Å². The molecule has 1 aliphatic heterocycles. The maximum atomic E-state index is 5.50. The van der Waals surface area contributed by atoms with Gasteiger partial charge in [0, 0.05) is 17.8 Å². The fourth-order valence-electron chi connectivity index (χ4n) is 2.43. The molecule has 0 spiro atoms. The molecule has 1 saturated heterocycles. The van der Waals surface area contributed by atoms with Crippen LogP contribution in [-0.4, -0.2) is 29.7 Å². The molecule has 0 radical (unpaired) electrons. The van der Waals surface area contributed by atoms with Gasteiger partial charge in [-0.2, -0.15) is 0 Å². The number of aryl methyl sites for hydroxylation is 2. The Kier molecular flexibility index (Phi) is 3.76. The van der Waals surface area contributed by atoms with E-state index in [9.17, 15) is 0 Å². The summed E-state index contributed by atoms with van der Waals surface area (Å²) in [6.45, 7) is 6.34. The molecule has 1 aliphatic rings. The molecule has 0 aliphatic carbocycles. The van der Waals surface area contributed by atoms with E-state index in [0.717, 1.165) is 35.9 Å². The Bertz CT molecular complexity index is 606. The minimum absolute atomic E-state index is 0.0900. The summed E-state index contributed by atoms with van der Waals surface area (Å²) >= 11 is 0. The van der Waals surface area contributed by atoms with Crippen LogP contribution < -0.4 is 5.32 Å². The third kappa shape index (κ3) is 2.86. The summed E-state index contributed by atoms with van der Waals surface area (Å²) in [7, 11) is 0. The highest BCUT2D eigenvalue weighted by Crippen LogP contribution is 2.21. The van der Waals surface area contributed by atoms with Crippen molar-refractivity contribution in [2.45, 2.75) is 19.9 Å². The van der Waals surface area contributed by atoms with Crippen molar-refractivity contribution in [3.05, 3.63) is 47.4 Å². The molecule has 4 nitrogen and oxygen atoms in total. The predicted octanol–water partition coefficient (Wildman–Crippen LogP) is 2.42. The molecule has 3 rings (SSSR count). The molecule has 1 N–H and O–H groups in total. The number of hydrogen-bond donors (Lipinski definition) is 1. The number of ether oxygens (including phenoxy) is 1. The summed E-state index contributed by atoms with van der Waals surface area (Å²) in [5.74, 6) is 0.821. The number of rotatable bonds is 2. The van der Waals surface area contributed by atoms with Gasteiger partial charge >= 0.3 is 0 Å². The van der Waals surface area contributed by atoms with E-state index in [-0.39, 0.29) is 6.04 Å². The molecule has 0 amide bonds. The first-order chi connectivity index (χ1) is 9.72. The van der Waals surface area contributed by atoms with E-state index in [1.807, 2.05) is 13.0 Å². The quantitative estimate of drug-likeness (QED) is 0.909. The van der Waals surface area contributed by atoms with Gasteiger partial charge in [0.15, 0.2) is 0 Å². The van der Waals surface area contributed by atoms with Crippen molar-refractivity contribution < 1.29 is 4.74 Å². The van der Waals surface area contributed by atoms with Crippen LogP contribution >= 0.6 is 0 Å². The van der Waals surface area contributed by atoms with Gasteiger partial charge in [-0.1, -0.05) is 23.8 Å².